The molecule has 2 amide bonds. The van der Waals surface area contributed by atoms with Crippen molar-refractivity contribution in [2.24, 2.45) is 0 Å². The van der Waals surface area contributed by atoms with E-state index in [0.29, 0.717) is 49.7 Å². The lowest BCUT2D eigenvalue weighted by Crippen LogP contribution is -2.52. The molecule has 2 aliphatic rings. The number of piperazine rings is 1. The first-order valence-electron chi connectivity index (χ1n) is 11.6. The van der Waals surface area contributed by atoms with Crippen molar-refractivity contribution < 1.29 is 18.7 Å². The number of amides is 2. The Balaban J connectivity index is 1.61. The summed E-state index contributed by atoms with van der Waals surface area (Å²) in [7, 11) is 1.67. The minimum absolute atomic E-state index is 0.229. The van der Waals surface area contributed by atoms with Crippen molar-refractivity contribution in [2.75, 3.05) is 51.3 Å². The molecule has 2 aromatic carbocycles. The summed E-state index contributed by atoms with van der Waals surface area (Å²) in [6.45, 7) is 7.08. The third-order valence-corrected chi connectivity index (χ3v) is 6.39. The van der Waals surface area contributed by atoms with E-state index in [1.54, 1.807) is 26.1 Å². The molecule has 1 saturated heterocycles. The van der Waals surface area contributed by atoms with Crippen molar-refractivity contribution in [3.05, 3.63) is 76.7 Å². The van der Waals surface area contributed by atoms with Gasteiger partial charge in [-0.15, -0.1) is 0 Å². The summed E-state index contributed by atoms with van der Waals surface area (Å²) in [5.74, 6) is -0.659. The highest BCUT2D eigenvalue weighted by Crippen LogP contribution is 2.32. The van der Waals surface area contributed by atoms with Gasteiger partial charge in [-0.25, -0.2) is 14.0 Å². The highest BCUT2D eigenvalue weighted by atomic mass is 19.1. The standard InChI is InChI=1S/C26H31FN4O3/c1-4-34-25(32)23-22(29(3)26(33)28-24(23)19-9-7-8-18(2)16-19)17-30-12-14-31(15-13-30)21-11-6-5-10-20(21)27/h5-11,16,24H,4,12-15,17H2,1-3H3,(H,28,33)/t24-/m0/s1. The second-order valence-corrected chi connectivity index (χ2v) is 8.65. The van der Waals surface area contributed by atoms with Gasteiger partial charge in [0, 0.05) is 45.5 Å². The van der Waals surface area contributed by atoms with E-state index in [4.69, 9.17) is 4.74 Å². The lowest BCUT2D eigenvalue weighted by atomic mass is 9.93. The third-order valence-electron chi connectivity index (χ3n) is 6.39. The first-order chi connectivity index (χ1) is 16.4. The summed E-state index contributed by atoms with van der Waals surface area (Å²) in [6.07, 6.45) is 0. The van der Waals surface area contributed by atoms with Crippen LogP contribution >= 0.6 is 0 Å². The molecular weight excluding hydrogens is 435 g/mol. The Hall–Kier alpha value is -3.39. The van der Waals surface area contributed by atoms with E-state index in [-0.39, 0.29) is 18.5 Å². The minimum atomic E-state index is -0.586. The van der Waals surface area contributed by atoms with Gasteiger partial charge in [0.25, 0.3) is 0 Å². The maximum atomic E-state index is 14.2. The number of carbonyl (C=O) groups excluding carboxylic acids is 2. The molecule has 34 heavy (non-hydrogen) atoms. The van der Waals surface area contributed by atoms with Crippen molar-refractivity contribution >= 4 is 17.7 Å². The number of ether oxygens (including phenoxy) is 1. The van der Waals surface area contributed by atoms with Crippen LogP contribution in [0.5, 0.6) is 0 Å². The average Bonchev–Trinajstić information content (AvgIpc) is 2.83. The normalized spacial score (nSPS) is 19.3. The number of anilines is 1. The molecule has 180 valence electrons. The summed E-state index contributed by atoms with van der Waals surface area (Å²) < 4.78 is 19.6. The number of para-hydroxylation sites is 1. The molecule has 2 heterocycles. The zero-order valence-electron chi connectivity index (χ0n) is 19.9. The topological polar surface area (TPSA) is 65.1 Å². The number of esters is 1. The van der Waals surface area contributed by atoms with Gasteiger partial charge >= 0.3 is 12.0 Å². The fraction of sp³-hybridized carbons (Fsp3) is 0.385. The van der Waals surface area contributed by atoms with Crippen LogP contribution in [0.4, 0.5) is 14.9 Å². The molecule has 0 aliphatic carbocycles. The molecule has 0 radical (unpaired) electrons. The van der Waals surface area contributed by atoms with Crippen LogP contribution in [0, 0.1) is 12.7 Å². The second kappa shape index (κ2) is 10.3. The van der Waals surface area contributed by atoms with Crippen molar-refractivity contribution in [2.45, 2.75) is 19.9 Å². The zero-order valence-corrected chi connectivity index (χ0v) is 19.9. The van der Waals surface area contributed by atoms with Crippen LogP contribution in [-0.2, 0) is 9.53 Å². The first-order valence-corrected chi connectivity index (χ1v) is 11.6. The highest BCUT2D eigenvalue weighted by Gasteiger charge is 2.37. The summed E-state index contributed by atoms with van der Waals surface area (Å²) in [5.41, 5.74) is 3.56. The number of benzene rings is 2. The quantitative estimate of drug-likeness (QED) is 0.661. The van der Waals surface area contributed by atoms with Crippen LogP contribution in [-0.4, -0.2) is 68.2 Å². The minimum Gasteiger partial charge on any atom is -0.463 e. The van der Waals surface area contributed by atoms with E-state index >= 15 is 0 Å². The molecule has 1 atom stereocenters. The van der Waals surface area contributed by atoms with Crippen LogP contribution < -0.4 is 10.2 Å². The number of carbonyl (C=O) groups is 2. The molecule has 7 nitrogen and oxygen atoms in total. The largest absolute Gasteiger partial charge is 0.463 e. The number of halogens is 1. The maximum absolute atomic E-state index is 14.2. The number of hydrogen-bond acceptors (Lipinski definition) is 5. The van der Waals surface area contributed by atoms with Crippen LogP contribution in [0.3, 0.4) is 0 Å². The SMILES string of the molecule is CCOC(=O)C1=C(CN2CCN(c3ccccc3F)CC2)N(C)C(=O)N[C@H]1c1cccc(C)c1. The van der Waals surface area contributed by atoms with E-state index in [1.807, 2.05) is 42.2 Å². The van der Waals surface area contributed by atoms with E-state index in [2.05, 4.69) is 10.2 Å². The third kappa shape index (κ3) is 4.92. The Morgan fingerprint density at radius 3 is 2.53 bits per heavy atom. The predicted molar refractivity (Wildman–Crippen MR) is 129 cm³/mol. The summed E-state index contributed by atoms with van der Waals surface area (Å²) in [4.78, 5) is 31.7. The van der Waals surface area contributed by atoms with Crippen LogP contribution in [0.1, 0.15) is 24.1 Å². The average molecular weight is 467 g/mol. The van der Waals surface area contributed by atoms with Gasteiger partial charge in [-0.3, -0.25) is 9.80 Å². The Morgan fingerprint density at radius 1 is 1.12 bits per heavy atom. The number of nitrogens with zero attached hydrogens (tertiary/aromatic N) is 3. The fourth-order valence-corrected chi connectivity index (χ4v) is 4.56. The second-order valence-electron chi connectivity index (χ2n) is 8.65. The van der Waals surface area contributed by atoms with Gasteiger partial charge in [-0.05, 0) is 31.5 Å². The van der Waals surface area contributed by atoms with Crippen molar-refractivity contribution in [3.63, 3.8) is 0 Å². The van der Waals surface area contributed by atoms with Gasteiger partial charge in [0.2, 0.25) is 0 Å². The van der Waals surface area contributed by atoms with Gasteiger partial charge in [0.05, 0.1) is 23.9 Å². The molecule has 1 fully saturated rings. The summed E-state index contributed by atoms with van der Waals surface area (Å²) in [5, 5.41) is 2.96. The number of nitrogens with one attached hydrogen (secondary N) is 1. The molecule has 0 unspecified atom stereocenters. The Morgan fingerprint density at radius 2 is 1.85 bits per heavy atom. The smallest absolute Gasteiger partial charge is 0.338 e. The Kier molecular flexibility index (Phi) is 7.17. The highest BCUT2D eigenvalue weighted by molar-refractivity contribution is 5.95. The molecular formula is C26H31FN4O3. The molecule has 1 N–H and O–H groups in total. The van der Waals surface area contributed by atoms with E-state index < -0.39 is 12.0 Å². The Labute approximate surface area is 199 Å². The van der Waals surface area contributed by atoms with Gasteiger partial charge in [0.1, 0.15) is 5.82 Å². The van der Waals surface area contributed by atoms with E-state index in [9.17, 15) is 14.0 Å². The maximum Gasteiger partial charge on any atom is 0.338 e. The molecule has 0 spiro atoms. The van der Waals surface area contributed by atoms with E-state index in [1.165, 1.54) is 11.0 Å². The predicted octanol–water partition coefficient (Wildman–Crippen LogP) is 3.47. The van der Waals surface area contributed by atoms with Gasteiger partial charge in [-0.2, -0.15) is 0 Å². The van der Waals surface area contributed by atoms with Crippen molar-refractivity contribution in [1.29, 1.82) is 0 Å². The van der Waals surface area contributed by atoms with Gasteiger partial charge in [-0.1, -0.05) is 42.0 Å². The molecule has 2 aromatic rings. The molecule has 4 rings (SSSR count). The first kappa shape index (κ1) is 23.8. The lowest BCUT2D eigenvalue weighted by Gasteiger charge is -2.40. The van der Waals surface area contributed by atoms with Gasteiger partial charge in [0.15, 0.2) is 0 Å². The zero-order chi connectivity index (χ0) is 24.2. The molecule has 8 heteroatoms. The number of urea groups is 1. The van der Waals surface area contributed by atoms with Crippen LogP contribution in [0.15, 0.2) is 59.8 Å². The summed E-state index contributed by atoms with van der Waals surface area (Å²) >= 11 is 0. The fourth-order valence-electron chi connectivity index (χ4n) is 4.56. The number of rotatable bonds is 6. The molecule has 0 saturated carbocycles. The summed E-state index contributed by atoms with van der Waals surface area (Å²) in [6, 6.07) is 13.7. The number of aryl methyl sites for hydroxylation is 1. The molecule has 2 aliphatic heterocycles. The van der Waals surface area contributed by atoms with Gasteiger partial charge < -0.3 is 15.0 Å². The van der Waals surface area contributed by atoms with Crippen molar-refractivity contribution in [1.82, 2.24) is 15.1 Å². The molecule has 0 bridgehead atoms. The Bertz CT molecular complexity index is 1090. The number of likely N-dealkylation sites (N-methyl/N-ethyl adjacent to an activating group) is 1. The van der Waals surface area contributed by atoms with Crippen molar-refractivity contribution in [3.8, 4) is 0 Å². The van der Waals surface area contributed by atoms with Crippen LogP contribution in [0.2, 0.25) is 0 Å². The number of hydrogen-bond donors (Lipinski definition) is 1. The van der Waals surface area contributed by atoms with Crippen LogP contribution in [0.25, 0.3) is 0 Å². The lowest BCUT2D eigenvalue weighted by molar-refractivity contribution is -0.139. The monoisotopic (exact) mass is 466 g/mol. The molecule has 0 aromatic heterocycles. The van der Waals surface area contributed by atoms with E-state index in [0.717, 1.165) is 11.1 Å².